The molecule has 14 atom stereocenters. The zero-order valence-electron chi connectivity index (χ0n) is 26.8. The monoisotopic (exact) mass is 583 g/mol. The molecule has 4 aliphatic heterocycles. The highest BCUT2D eigenvalue weighted by Crippen LogP contribution is 2.50. The predicted octanol–water partition coefficient (Wildman–Crippen LogP) is 3.36. The molecule has 2 N–H and O–H groups in total. The molecule has 4 saturated heterocycles. The van der Waals surface area contributed by atoms with Gasteiger partial charge in [-0.3, -0.25) is 9.59 Å². The Morgan fingerprint density at radius 1 is 1.05 bits per heavy atom. The molecular formula is C31H53NO9. The third kappa shape index (κ3) is 5.99. The minimum absolute atomic E-state index is 0.0571. The van der Waals surface area contributed by atoms with Gasteiger partial charge in [-0.1, -0.05) is 27.7 Å². The number of esters is 1. The fourth-order valence-corrected chi connectivity index (χ4v) is 8.04. The first-order chi connectivity index (χ1) is 19.0. The van der Waals surface area contributed by atoms with Crippen molar-refractivity contribution in [2.75, 3.05) is 7.05 Å². The summed E-state index contributed by atoms with van der Waals surface area (Å²) in [5, 5.41) is 14.2. The van der Waals surface area contributed by atoms with Crippen LogP contribution in [0.2, 0.25) is 0 Å². The Bertz CT molecular complexity index is 975. The molecule has 41 heavy (non-hydrogen) atoms. The number of carbonyl (C=O) groups is 2. The molecule has 0 aromatic carbocycles. The number of likely N-dealkylation sites (N-methyl/N-ethyl adjacent to an activating group) is 1. The minimum atomic E-state index is -1.04. The van der Waals surface area contributed by atoms with Gasteiger partial charge < -0.3 is 38.8 Å². The highest BCUT2D eigenvalue weighted by molar-refractivity contribution is 6.00. The first kappa shape index (κ1) is 32.8. The Labute approximate surface area is 245 Å². The number of hydrogen-bond donors (Lipinski definition) is 2. The van der Waals surface area contributed by atoms with E-state index < -0.39 is 59.4 Å². The molecule has 10 heteroatoms. The first-order valence-electron chi connectivity index (χ1n) is 15.4. The molecule has 0 aromatic heterocycles. The maximum Gasteiger partial charge on any atom is 0.316 e. The lowest BCUT2D eigenvalue weighted by atomic mass is 9.76. The second-order valence-corrected chi connectivity index (χ2v) is 13.9. The zero-order valence-corrected chi connectivity index (χ0v) is 26.8. The summed E-state index contributed by atoms with van der Waals surface area (Å²) in [6.07, 6.45) is -2.27. The highest BCUT2D eigenvalue weighted by Gasteiger charge is 2.61. The Morgan fingerprint density at radius 3 is 2.32 bits per heavy atom. The lowest BCUT2D eigenvalue weighted by Crippen LogP contribution is -2.58. The summed E-state index contributed by atoms with van der Waals surface area (Å²) >= 11 is 0. The van der Waals surface area contributed by atoms with Crippen molar-refractivity contribution in [3.8, 4) is 0 Å². The minimum Gasteiger partial charge on any atom is -0.458 e. The molecule has 0 aliphatic carbocycles. The summed E-state index contributed by atoms with van der Waals surface area (Å²) in [5.74, 6) is -3.76. The molecule has 2 bridgehead atoms. The van der Waals surface area contributed by atoms with Crippen LogP contribution in [0.4, 0.5) is 0 Å². The molecule has 0 aromatic rings. The Hall–Kier alpha value is -1.14. The summed E-state index contributed by atoms with van der Waals surface area (Å²) in [5.41, 5.74) is -1.84. The van der Waals surface area contributed by atoms with E-state index in [0.29, 0.717) is 19.3 Å². The van der Waals surface area contributed by atoms with Gasteiger partial charge in [0.05, 0.1) is 30.0 Å². The molecule has 0 radical (unpaired) electrons. The van der Waals surface area contributed by atoms with E-state index in [1.165, 1.54) is 0 Å². The lowest BCUT2D eigenvalue weighted by Gasteiger charge is -2.44. The molecule has 0 spiro atoms. The summed E-state index contributed by atoms with van der Waals surface area (Å²) in [6.45, 7) is 19.1. The van der Waals surface area contributed by atoms with E-state index in [4.69, 9.17) is 28.4 Å². The van der Waals surface area contributed by atoms with Crippen LogP contribution in [0.25, 0.3) is 0 Å². The first-order valence-corrected chi connectivity index (χ1v) is 15.4. The van der Waals surface area contributed by atoms with Crippen LogP contribution in [0.1, 0.15) is 88.5 Å². The number of cyclic esters (lactones) is 1. The maximum absolute atomic E-state index is 13.9. The van der Waals surface area contributed by atoms with Crippen molar-refractivity contribution in [1.29, 1.82) is 0 Å². The number of carbonyl (C=O) groups excluding carboxylic acids is 2. The number of aliphatic hydroxyl groups is 1. The van der Waals surface area contributed by atoms with Gasteiger partial charge in [-0.05, 0) is 73.8 Å². The van der Waals surface area contributed by atoms with Gasteiger partial charge in [-0.15, -0.1) is 0 Å². The molecule has 5 unspecified atom stereocenters. The van der Waals surface area contributed by atoms with Crippen LogP contribution in [0.5, 0.6) is 0 Å². The Kier molecular flexibility index (Phi) is 9.39. The molecule has 4 heterocycles. The largest absolute Gasteiger partial charge is 0.458 e. The summed E-state index contributed by atoms with van der Waals surface area (Å²) in [6, 6.07) is -0.221. The van der Waals surface area contributed by atoms with Crippen molar-refractivity contribution in [2.45, 2.75) is 154 Å². The van der Waals surface area contributed by atoms with Crippen LogP contribution in [-0.2, 0) is 38.0 Å². The van der Waals surface area contributed by atoms with Gasteiger partial charge in [-0.25, -0.2) is 0 Å². The lowest BCUT2D eigenvalue weighted by molar-refractivity contribution is -0.290. The van der Waals surface area contributed by atoms with Crippen molar-refractivity contribution in [2.24, 2.45) is 23.7 Å². The number of fused-ring (bicyclic) bond motifs is 2. The zero-order chi connectivity index (χ0) is 30.7. The van der Waals surface area contributed by atoms with Gasteiger partial charge in [0.1, 0.15) is 23.7 Å². The average Bonchev–Trinajstić information content (AvgIpc) is 3.35. The number of aliphatic hydroxyl groups excluding tert-OH is 1. The molecule has 236 valence electrons. The number of rotatable bonds is 5. The van der Waals surface area contributed by atoms with Crippen LogP contribution >= 0.6 is 0 Å². The second kappa shape index (κ2) is 11.7. The van der Waals surface area contributed by atoms with E-state index in [-0.39, 0.29) is 42.0 Å². The fraction of sp³-hybridized carbons (Fsp3) is 0.935. The van der Waals surface area contributed by atoms with E-state index in [9.17, 15) is 14.7 Å². The third-order valence-electron chi connectivity index (χ3n) is 9.98. The van der Waals surface area contributed by atoms with E-state index in [2.05, 4.69) is 12.2 Å². The van der Waals surface area contributed by atoms with Gasteiger partial charge in [0.25, 0.3) is 0 Å². The van der Waals surface area contributed by atoms with Gasteiger partial charge >= 0.3 is 5.97 Å². The van der Waals surface area contributed by atoms with Crippen LogP contribution in [0.3, 0.4) is 0 Å². The van der Waals surface area contributed by atoms with Crippen molar-refractivity contribution >= 4 is 11.8 Å². The average molecular weight is 584 g/mol. The number of hydrogen-bond acceptors (Lipinski definition) is 10. The molecular weight excluding hydrogens is 530 g/mol. The number of ketones is 1. The van der Waals surface area contributed by atoms with Crippen LogP contribution in [-0.4, -0.2) is 89.9 Å². The maximum atomic E-state index is 13.9. The Balaban J connectivity index is 1.74. The van der Waals surface area contributed by atoms with Crippen LogP contribution in [0, 0.1) is 23.7 Å². The van der Waals surface area contributed by atoms with E-state index >= 15 is 0 Å². The van der Waals surface area contributed by atoms with Gasteiger partial charge in [0, 0.05) is 17.9 Å². The molecule has 4 aliphatic rings. The number of nitrogens with one attached hydrogen (secondary N) is 1. The quantitative estimate of drug-likeness (QED) is 0.368. The van der Waals surface area contributed by atoms with Crippen molar-refractivity contribution < 1.29 is 43.1 Å². The fourth-order valence-electron chi connectivity index (χ4n) is 8.04. The molecule has 0 amide bonds. The summed E-state index contributed by atoms with van der Waals surface area (Å²) in [4.78, 5) is 27.6. The van der Waals surface area contributed by atoms with E-state index in [0.717, 1.165) is 0 Å². The summed E-state index contributed by atoms with van der Waals surface area (Å²) < 4.78 is 38.5. The van der Waals surface area contributed by atoms with Gasteiger partial charge in [-0.2, -0.15) is 0 Å². The van der Waals surface area contributed by atoms with Crippen molar-refractivity contribution in [1.82, 2.24) is 5.32 Å². The third-order valence-corrected chi connectivity index (χ3v) is 9.98. The smallest absolute Gasteiger partial charge is 0.316 e. The molecule has 0 saturated carbocycles. The molecule has 4 rings (SSSR count). The normalized spacial score (nSPS) is 50.8. The SMILES string of the molecule is CC[C@H]1OC(C)(C)O[C@@]1(C)[C@@H]1OC(=O)[C@H](C)C(=O)[C@H](C)[C@@H](O[C@@H]2OC(C)CC(NC)C2O)[C@@]2(C)CC(C)C(O2)[C@@H]1C. The standard InChI is InChI=1S/C31H53NO9/c1-12-21-31(10,41-29(7,8)39-21)26-19(6)24-15(2)14-30(9,40-24)25(17(4)22(33)18(5)27(35)37-26)38-28-23(34)20(32-11)13-16(3)36-28/h15-21,23-26,28,32,34H,12-14H2,1-11H3/t15?,16?,17-,18+,19-,20?,21+,23?,24?,25+,26+,28-,30+,31+/m0/s1. The van der Waals surface area contributed by atoms with E-state index in [1.807, 2.05) is 48.5 Å². The van der Waals surface area contributed by atoms with Crippen LogP contribution < -0.4 is 5.32 Å². The Morgan fingerprint density at radius 2 is 1.71 bits per heavy atom. The molecule has 10 nitrogen and oxygen atoms in total. The molecule has 4 fully saturated rings. The second-order valence-electron chi connectivity index (χ2n) is 13.9. The predicted molar refractivity (Wildman–Crippen MR) is 151 cm³/mol. The topological polar surface area (TPSA) is 122 Å². The summed E-state index contributed by atoms with van der Waals surface area (Å²) in [7, 11) is 1.80. The van der Waals surface area contributed by atoms with Gasteiger partial charge in [0.15, 0.2) is 17.9 Å². The number of ether oxygens (including phenoxy) is 6. The highest BCUT2D eigenvalue weighted by atomic mass is 16.8. The number of Topliss-reactive ketones (excluding diaryl/α,β-unsaturated/α-hetero) is 1. The van der Waals surface area contributed by atoms with Crippen LogP contribution in [0.15, 0.2) is 0 Å². The van der Waals surface area contributed by atoms with E-state index in [1.54, 1.807) is 20.9 Å². The van der Waals surface area contributed by atoms with Gasteiger partial charge in [0.2, 0.25) is 0 Å². The van der Waals surface area contributed by atoms with Crippen molar-refractivity contribution in [3.05, 3.63) is 0 Å². The van der Waals surface area contributed by atoms with Crippen molar-refractivity contribution in [3.63, 3.8) is 0 Å².